The Bertz CT molecular complexity index is 669. The summed E-state index contributed by atoms with van der Waals surface area (Å²) >= 11 is 0. The first-order valence-electron chi connectivity index (χ1n) is 8.37. The summed E-state index contributed by atoms with van der Waals surface area (Å²) in [5.74, 6) is 1.10. The number of nitrogens with zero attached hydrogens (tertiary/aromatic N) is 1. The minimum atomic E-state index is -0.483. The van der Waals surface area contributed by atoms with E-state index in [2.05, 4.69) is 10.3 Å². The molecule has 0 bridgehead atoms. The summed E-state index contributed by atoms with van der Waals surface area (Å²) in [6.07, 6.45) is 7.18. The molecule has 126 valence electrons. The number of nitrogens with one attached hydrogen (secondary N) is 1. The molecule has 3 rings (SSSR count). The van der Waals surface area contributed by atoms with Crippen molar-refractivity contribution in [1.29, 1.82) is 0 Å². The van der Waals surface area contributed by atoms with E-state index in [-0.39, 0.29) is 12.5 Å². The largest absolute Gasteiger partial charge is 0.455 e. The first-order chi connectivity index (χ1) is 11.7. The van der Waals surface area contributed by atoms with Crippen molar-refractivity contribution in [2.45, 2.75) is 31.8 Å². The Kier molecular flexibility index (Phi) is 5.43. The van der Waals surface area contributed by atoms with Gasteiger partial charge in [0.1, 0.15) is 11.5 Å². The molecule has 1 amide bonds. The van der Waals surface area contributed by atoms with Crippen LogP contribution in [0.4, 0.5) is 0 Å². The second-order valence-electron chi connectivity index (χ2n) is 6.11. The van der Waals surface area contributed by atoms with E-state index < -0.39 is 6.10 Å². The molecule has 0 saturated heterocycles. The zero-order chi connectivity index (χ0) is 16.8. The molecule has 1 aromatic heterocycles. The highest BCUT2D eigenvalue weighted by molar-refractivity contribution is 5.97. The van der Waals surface area contributed by atoms with Crippen molar-refractivity contribution in [1.82, 2.24) is 10.3 Å². The molecule has 5 nitrogen and oxygen atoms in total. The quantitative estimate of drug-likeness (QED) is 0.855. The van der Waals surface area contributed by atoms with Gasteiger partial charge in [-0.25, -0.2) is 0 Å². The van der Waals surface area contributed by atoms with E-state index in [9.17, 15) is 9.90 Å². The smallest absolute Gasteiger partial charge is 0.255 e. The lowest BCUT2D eigenvalue weighted by atomic mass is 10.0. The molecule has 1 unspecified atom stereocenters. The van der Waals surface area contributed by atoms with E-state index >= 15 is 0 Å². The van der Waals surface area contributed by atoms with Gasteiger partial charge >= 0.3 is 0 Å². The van der Waals surface area contributed by atoms with Gasteiger partial charge in [-0.3, -0.25) is 9.78 Å². The number of aliphatic hydroxyl groups is 1. The molecule has 1 heterocycles. The van der Waals surface area contributed by atoms with Crippen molar-refractivity contribution in [3.63, 3.8) is 0 Å². The van der Waals surface area contributed by atoms with Gasteiger partial charge in [0.25, 0.3) is 5.91 Å². The summed E-state index contributed by atoms with van der Waals surface area (Å²) in [6, 6.07) is 10.6. The van der Waals surface area contributed by atoms with Gasteiger partial charge < -0.3 is 15.2 Å². The van der Waals surface area contributed by atoms with Crippen LogP contribution in [0.25, 0.3) is 0 Å². The lowest BCUT2D eigenvalue weighted by molar-refractivity contribution is 0.0838. The Morgan fingerprint density at radius 3 is 2.79 bits per heavy atom. The molecule has 1 aliphatic carbocycles. The zero-order valence-electron chi connectivity index (χ0n) is 13.5. The van der Waals surface area contributed by atoms with Crippen LogP contribution in [0.2, 0.25) is 0 Å². The SMILES string of the molecule is O=C(NCC(O)C1CCCC1)c1ccccc1Oc1cccnc1. The maximum absolute atomic E-state index is 12.5. The summed E-state index contributed by atoms with van der Waals surface area (Å²) < 4.78 is 5.75. The minimum absolute atomic E-state index is 0.244. The number of benzene rings is 1. The van der Waals surface area contributed by atoms with E-state index in [4.69, 9.17) is 4.74 Å². The summed E-state index contributed by atoms with van der Waals surface area (Å²) in [5.41, 5.74) is 0.444. The van der Waals surface area contributed by atoms with Gasteiger partial charge in [0.05, 0.1) is 17.9 Å². The molecule has 0 spiro atoms. The first-order valence-corrected chi connectivity index (χ1v) is 8.37. The van der Waals surface area contributed by atoms with Crippen LogP contribution in [0.5, 0.6) is 11.5 Å². The molecule has 1 aromatic carbocycles. The van der Waals surface area contributed by atoms with Crippen LogP contribution in [-0.2, 0) is 0 Å². The zero-order valence-corrected chi connectivity index (χ0v) is 13.5. The number of carbonyl (C=O) groups excluding carboxylic acids is 1. The number of aromatic nitrogens is 1. The summed E-state index contributed by atoms with van der Waals surface area (Å²) in [7, 11) is 0. The van der Waals surface area contributed by atoms with Gasteiger partial charge in [0, 0.05) is 12.7 Å². The van der Waals surface area contributed by atoms with Crippen LogP contribution in [0.3, 0.4) is 0 Å². The fourth-order valence-electron chi connectivity index (χ4n) is 3.08. The third-order valence-corrected chi connectivity index (χ3v) is 4.41. The van der Waals surface area contributed by atoms with Crippen LogP contribution in [0.1, 0.15) is 36.0 Å². The fraction of sp³-hybridized carbons (Fsp3) is 0.368. The van der Waals surface area contributed by atoms with Crippen LogP contribution in [0, 0.1) is 5.92 Å². The topological polar surface area (TPSA) is 71.5 Å². The number of hydrogen-bond donors (Lipinski definition) is 2. The van der Waals surface area contributed by atoms with E-state index in [1.54, 1.807) is 42.7 Å². The number of rotatable bonds is 6. The van der Waals surface area contributed by atoms with Gasteiger partial charge in [-0.2, -0.15) is 0 Å². The standard InChI is InChI=1S/C19H22N2O3/c22-17(14-6-1-2-7-14)13-21-19(23)16-9-3-4-10-18(16)24-15-8-5-11-20-12-15/h3-5,8-12,14,17,22H,1-2,6-7,13H2,(H,21,23). The van der Waals surface area contributed by atoms with Crippen molar-refractivity contribution >= 4 is 5.91 Å². The number of aliphatic hydroxyl groups excluding tert-OH is 1. The summed E-state index contributed by atoms with van der Waals surface area (Å²) in [6.45, 7) is 0.269. The molecule has 1 atom stereocenters. The summed E-state index contributed by atoms with van der Waals surface area (Å²) in [4.78, 5) is 16.5. The molecule has 1 aliphatic rings. The number of carbonyl (C=O) groups is 1. The Labute approximate surface area is 141 Å². The second kappa shape index (κ2) is 7.93. The lowest BCUT2D eigenvalue weighted by Gasteiger charge is -2.18. The van der Waals surface area contributed by atoms with Gasteiger partial charge in [0.2, 0.25) is 0 Å². The van der Waals surface area contributed by atoms with Crippen molar-refractivity contribution in [2.24, 2.45) is 5.92 Å². The molecule has 2 N–H and O–H groups in total. The monoisotopic (exact) mass is 326 g/mol. The molecular formula is C19H22N2O3. The van der Waals surface area contributed by atoms with Crippen LogP contribution >= 0.6 is 0 Å². The van der Waals surface area contributed by atoms with Gasteiger partial charge in [0.15, 0.2) is 0 Å². The lowest BCUT2D eigenvalue weighted by Crippen LogP contribution is -2.35. The van der Waals surface area contributed by atoms with Crippen molar-refractivity contribution < 1.29 is 14.6 Å². The van der Waals surface area contributed by atoms with Crippen LogP contribution in [-0.4, -0.2) is 28.6 Å². The van der Waals surface area contributed by atoms with E-state index in [1.807, 2.05) is 6.07 Å². The molecular weight excluding hydrogens is 304 g/mol. The minimum Gasteiger partial charge on any atom is -0.455 e. The van der Waals surface area contributed by atoms with Crippen LogP contribution in [0.15, 0.2) is 48.8 Å². The number of pyridine rings is 1. The van der Waals surface area contributed by atoms with Gasteiger partial charge in [-0.05, 0) is 43.0 Å². The summed E-state index contributed by atoms with van der Waals surface area (Å²) in [5, 5.41) is 13.0. The van der Waals surface area contributed by atoms with Crippen molar-refractivity contribution in [3.05, 3.63) is 54.4 Å². The normalized spacial score (nSPS) is 15.9. The predicted molar refractivity (Wildman–Crippen MR) is 91.1 cm³/mol. The molecule has 0 aliphatic heterocycles. The Morgan fingerprint density at radius 1 is 1.25 bits per heavy atom. The number of hydrogen-bond acceptors (Lipinski definition) is 4. The molecule has 1 saturated carbocycles. The molecule has 1 fully saturated rings. The fourth-order valence-corrected chi connectivity index (χ4v) is 3.08. The van der Waals surface area contributed by atoms with Crippen molar-refractivity contribution in [3.8, 4) is 11.5 Å². The third-order valence-electron chi connectivity index (χ3n) is 4.41. The Morgan fingerprint density at radius 2 is 2.04 bits per heavy atom. The van der Waals surface area contributed by atoms with E-state index in [0.717, 1.165) is 25.7 Å². The third kappa shape index (κ3) is 4.11. The highest BCUT2D eigenvalue weighted by Gasteiger charge is 2.24. The number of para-hydroxylation sites is 1. The molecule has 0 radical (unpaired) electrons. The molecule has 24 heavy (non-hydrogen) atoms. The number of ether oxygens (including phenoxy) is 1. The first kappa shape index (κ1) is 16.5. The maximum Gasteiger partial charge on any atom is 0.255 e. The van der Waals surface area contributed by atoms with Crippen molar-refractivity contribution in [2.75, 3.05) is 6.54 Å². The predicted octanol–water partition coefficient (Wildman–Crippen LogP) is 3.15. The molecule has 2 aromatic rings. The highest BCUT2D eigenvalue weighted by atomic mass is 16.5. The number of amides is 1. The van der Waals surface area contributed by atoms with Crippen LogP contribution < -0.4 is 10.1 Å². The maximum atomic E-state index is 12.5. The second-order valence-corrected chi connectivity index (χ2v) is 6.11. The van der Waals surface area contributed by atoms with E-state index in [1.165, 1.54) is 0 Å². The Hall–Kier alpha value is -2.40. The highest BCUT2D eigenvalue weighted by Crippen LogP contribution is 2.28. The molecule has 5 heteroatoms. The van der Waals surface area contributed by atoms with Gasteiger partial charge in [-0.15, -0.1) is 0 Å². The average molecular weight is 326 g/mol. The van der Waals surface area contributed by atoms with Gasteiger partial charge in [-0.1, -0.05) is 25.0 Å². The van der Waals surface area contributed by atoms with E-state index in [0.29, 0.717) is 23.0 Å². The Balaban J connectivity index is 1.64. The average Bonchev–Trinajstić information content (AvgIpc) is 3.15.